The minimum Gasteiger partial charge on any atom is -0.265 e. The molecule has 0 spiro atoms. The van der Waals surface area contributed by atoms with Crippen molar-refractivity contribution in [3.05, 3.63) is 175 Å². The van der Waals surface area contributed by atoms with Gasteiger partial charge in [-0.3, -0.25) is 4.98 Å². The fourth-order valence-electron chi connectivity index (χ4n) is 9.11. The molecule has 2 heteroatoms. The maximum absolute atomic E-state index is 4.23. The molecule has 244 valence electrons. The molecule has 11 rings (SSSR count). The number of hydrogen-bond donors (Lipinski definition) is 0. The fourth-order valence-corrected chi connectivity index (χ4v) is 10.4. The van der Waals surface area contributed by atoms with Crippen LogP contribution in [0, 0.1) is 0 Å². The van der Waals surface area contributed by atoms with Gasteiger partial charge in [0.05, 0.1) is 0 Å². The van der Waals surface area contributed by atoms with Crippen molar-refractivity contribution < 1.29 is 0 Å². The van der Waals surface area contributed by atoms with Crippen LogP contribution >= 0.6 is 11.3 Å². The Balaban J connectivity index is 1.14. The van der Waals surface area contributed by atoms with Crippen LogP contribution in [0.25, 0.3) is 97.0 Å². The summed E-state index contributed by atoms with van der Waals surface area (Å²) < 4.78 is 2.71. The lowest BCUT2D eigenvalue weighted by Gasteiger charge is -2.23. The molecular weight excluding hydrogens is 647 g/mol. The van der Waals surface area contributed by atoms with Gasteiger partial charge in [0.2, 0.25) is 0 Å². The molecule has 0 saturated heterocycles. The molecule has 2 heterocycles. The number of pyridine rings is 1. The minimum absolute atomic E-state index is 0.137. The van der Waals surface area contributed by atoms with Crippen LogP contribution in [0.15, 0.2) is 164 Å². The van der Waals surface area contributed by atoms with Crippen LogP contribution in [0.1, 0.15) is 25.0 Å². The quantitative estimate of drug-likeness (QED) is 0.169. The van der Waals surface area contributed by atoms with Gasteiger partial charge in [-0.2, -0.15) is 0 Å². The van der Waals surface area contributed by atoms with Gasteiger partial charge in [0.25, 0.3) is 0 Å². The summed E-state index contributed by atoms with van der Waals surface area (Å²) >= 11 is 1.93. The van der Waals surface area contributed by atoms with Crippen molar-refractivity contribution in [2.75, 3.05) is 0 Å². The van der Waals surface area contributed by atoms with Crippen molar-refractivity contribution in [1.29, 1.82) is 0 Å². The Kier molecular flexibility index (Phi) is 6.24. The van der Waals surface area contributed by atoms with E-state index in [1.165, 1.54) is 108 Å². The van der Waals surface area contributed by atoms with E-state index in [0.29, 0.717) is 0 Å². The number of benzene rings is 8. The van der Waals surface area contributed by atoms with Crippen LogP contribution < -0.4 is 0 Å². The monoisotopic (exact) mass is 679 g/mol. The lowest BCUT2D eigenvalue weighted by molar-refractivity contribution is 0.661. The Morgan fingerprint density at radius 3 is 1.81 bits per heavy atom. The maximum atomic E-state index is 4.23. The van der Waals surface area contributed by atoms with Crippen molar-refractivity contribution >= 4 is 63.8 Å². The average Bonchev–Trinajstić information content (AvgIpc) is 3.68. The van der Waals surface area contributed by atoms with Crippen molar-refractivity contribution in [2.24, 2.45) is 0 Å². The van der Waals surface area contributed by atoms with Gasteiger partial charge in [0.15, 0.2) is 0 Å². The molecule has 8 aromatic carbocycles. The first-order valence-corrected chi connectivity index (χ1v) is 18.8. The topological polar surface area (TPSA) is 12.9 Å². The lowest BCUT2D eigenvalue weighted by Crippen LogP contribution is -2.15. The summed E-state index contributed by atoms with van der Waals surface area (Å²) in [6, 6.07) is 56.6. The number of fused-ring (bicyclic) bond motifs is 10. The number of hydrogen-bond acceptors (Lipinski definition) is 2. The first-order valence-electron chi connectivity index (χ1n) is 18.0. The Hall–Kier alpha value is -6.09. The Morgan fingerprint density at radius 1 is 0.423 bits per heavy atom. The average molecular weight is 680 g/mol. The van der Waals surface area contributed by atoms with Gasteiger partial charge in [-0.25, -0.2) is 0 Å². The summed E-state index contributed by atoms with van der Waals surface area (Å²) in [5.41, 5.74) is 13.0. The van der Waals surface area contributed by atoms with Gasteiger partial charge in [-0.05, 0) is 107 Å². The zero-order chi connectivity index (χ0) is 34.6. The fraction of sp³-hybridized carbons (Fsp3) is 0.0600. The van der Waals surface area contributed by atoms with Gasteiger partial charge in [0.1, 0.15) is 0 Å². The molecule has 1 nitrogen and oxygen atoms in total. The van der Waals surface area contributed by atoms with Crippen LogP contribution in [0.5, 0.6) is 0 Å². The largest absolute Gasteiger partial charge is 0.265 e. The second kappa shape index (κ2) is 11.0. The zero-order valence-corrected chi connectivity index (χ0v) is 29.8. The molecule has 2 aromatic heterocycles. The third-order valence-electron chi connectivity index (χ3n) is 11.6. The molecule has 10 aromatic rings. The van der Waals surface area contributed by atoms with Crippen LogP contribution in [-0.4, -0.2) is 4.98 Å². The second-order valence-electron chi connectivity index (χ2n) is 14.7. The molecule has 0 unspecified atom stereocenters. The van der Waals surface area contributed by atoms with Gasteiger partial charge < -0.3 is 0 Å². The Bertz CT molecular complexity index is 3030. The molecular formula is C50H33NS. The van der Waals surface area contributed by atoms with Gasteiger partial charge in [-0.15, -0.1) is 11.3 Å². The SMILES string of the molecule is CC1(C)c2cc(-c3c4ccccc4c(-c4cccc5ccccc45)c4ccccc34)ccc2-c2c1ccc1c2sc2cc(-c3ccncc3)ccc21. The van der Waals surface area contributed by atoms with E-state index < -0.39 is 0 Å². The number of rotatable bonds is 3. The molecule has 0 N–H and O–H groups in total. The van der Waals surface area contributed by atoms with Crippen molar-refractivity contribution in [3.8, 4) is 44.5 Å². The van der Waals surface area contributed by atoms with E-state index in [1.807, 2.05) is 23.7 Å². The smallest absolute Gasteiger partial charge is 0.0437 e. The molecule has 0 saturated carbocycles. The molecule has 0 radical (unpaired) electrons. The van der Waals surface area contributed by atoms with Crippen LogP contribution in [-0.2, 0) is 5.41 Å². The zero-order valence-electron chi connectivity index (χ0n) is 28.9. The van der Waals surface area contributed by atoms with Crippen molar-refractivity contribution in [2.45, 2.75) is 19.3 Å². The predicted molar refractivity (Wildman–Crippen MR) is 224 cm³/mol. The molecule has 0 amide bonds. The summed E-state index contributed by atoms with van der Waals surface area (Å²) in [7, 11) is 0. The highest BCUT2D eigenvalue weighted by molar-refractivity contribution is 7.26. The first kappa shape index (κ1) is 29.6. The molecule has 52 heavy (non-hydrogen) atoms. The molecule has 0 bridgehead atoms. The number of aromatic nitrogens is 1. The minimum atomic E-state index is -0.137. The van der Waals surface area contributed by atoms with E-state index >= 15 is 0 Å². The van der Waals surface area contributed by atoms with E-state index in [9.17, 15) is 0 Å². The van der Waals surface area contributed by atoms with E-state index in [0.717, 1.165) is 0 Å². The summed E-state index contributed by atoms with van der Waals surface area (Å²) in [5, 5.41) is 10.4. The second-order valence-corrected chi connectivity index (χ2v) is 15.7. The normalized spacial score (nSPS) is 13.3. The first-order chi connectivity index (χ1) is 25.6. The molecule has 1 aliphatic carbocycles. The highest BCUT2D eigenvalue weighted by Gasteiger charge is 2.37. The highest BCUT2D eigenvalue weighted by atomic mass is 32.1. The number of thiophene rings is 1. The Labute approximate surface area is 306 Å². The van der Waals surface area contributed by atoms with E-state index in [4.69, 9.17) is 0 Å². The molecule has 1 aliphatic rings. The third kappa shape index (κ3) is 4.13. The number of nitrogens with zero attached hydrogens (tertiary/aromatic N) is 1. The maximum Gasteiger partial charge on any atom is 0.0437 e. The lowest BCUT2D eigenvalue weighted by atomic mass is 9.80. The molecule has 0 aliphatic heterocycles. The van der Waals surface area contributed by atoms with Gasteiger partial charge >= 0.3 is 0 Å². The molecule has 0 fully saturated rings. The van der Waals surface area contributed by atoms with Gasteiger partial charge in [0, 0.05) is 43.5 Å². The van der Waals surface area contributed by atoms with Gasteiger partial charge in [-0.1, -0.05) is 141 Å². The standard InChI is InChI=1S/C50H33NS/c1-50(2)43-23-22-41-35-20-18-32(30-24-26-51-27-25-30)29-45(35)52-49(41)48(43)42-21-19-33(28-44(42)50)46-37-13-5-7-15-39(37)47(40-16-8-6-14-38(40)46)36-17-9-11-31-10-3-4-12-34(31)36/h3-29H,1-2H3. The van der Waals surface area contributed by atoms with Crippen molar-refractivity contribution in [1.82, 2.24) is 4.98 Å². The van der Waals surface area contributed by atoms with Crippen molar-refractivity contribution in [3.63, 3.8) is 0 Å². The predicted octanol–water partition coefficient (Wildman–Crippen LogP) is 14.2. The highest BCUT2D eigenvalue weighted by Crippen LogP contribution is 2.55. The van der Waals surface area contributed by atoms with E-state index in [-0.39, 0.29) is 5.41 Å². The van der Waals surface area contributed by atoms with E-state index in [2.05, 4.69) is 170 Å². The van der Waals surface area contributed by atoms with E-state index in [1.54, 1.807) is 0 Å². The summed E-state index contributed by atoms with van der Waals surface area (Å²) in [6.45, 7) is 4.81. The third-order valence-corrected chi connectivity index (χ3v) is 12.8. The van der Waals surface area contributed by atoms with Crippen LogP contribution in [0.2, 0.25) is 0 Å². The molecule has 0 atom stereocenters. The Morgan fingerprint density at radius 2 is 1.06 bits per heavy atom. The summed E-state index contributed by atoms with van der Waals surface area (Å²) in [4.78, 5) is 4.23. The van der Waals surface area contributed by atoms with Crippen LogP contribution in [0.4, 0.5) is 0 Å². The summed E-state index contributed by atoms with van der Waals surface area (Å²) in [6.07, 6.45) is 3.74. The summed E-state index contributed by atoms with van der Waals surface area (Å²) in [5.74, 6) is 0. The van der Waals surface area contributed by atoms with Crippen LogP contribution in [0.3, 0.4) is 0 Å².